The topological polar surface area (TPSA) is 84.4 Å². The lowest BCUT2D eigenvalue weighted by Gasteiger charge is -2.36. The van der Waals surface area contributed by atoms with Gasteiger partial charge >= 0.3 is 6.16 Å². The first kappa shape index (κ1) is 27.3. The number of carbonyl (C=O) groups excluding carboxylic acids is 2. The van der Waals surface area contributed by atoms with Crippen LogP contribution in [0.2, 0.25) is 0 Å². The van der Waals surface area contributed by atoms with Gasteiger partial charge in [-0.3, -0.25) is 14.6 Å². The van der Waals surface area contributed by atoms with Crippen LogP contribution in [0.15, 0.2) is 54.6 Å². The van der Waals surface area contributed by atoms with E-state index in [0.717, 1.165) is 70.4 Å². The third-order valence-corrected chi connectivity index (χ3v) is 8.32. The zero-order valence-corrected chi connectivity index (χ0v) is 23.5. The molecular formula is C32H38N4O5. The first-order chi connectivity index (χ1) is 20.1. The van der Waals surface area contributed by atoms with Crippen molar-refractivity contribution in [3.05, 3.63) is 60.2 Å². The van der Waals surface area contributed by atoms with Crippen LogP contribution in [0.3, 0.4) is 0 Å². The smallest absolute Gasteiger partial charge is 0.478 e. The van der Waals surface area contributed by atoms with E-state index in [1.165, 1.54) is 21.4 Å². The van der Waals surface area contributed by atoms with Crippen molar-refractivity contribution in [2.45, 2.75) is 51.0 Å². The molecule has 3 aromatic rings. The van der Waals surface area contributed by atoms with E-state index in [1.807, 2.05) is 12.1 Å². The van der Waals surface area contributed by atoms with Crippen LogP contribution in [0.4, 0.5) is 16.3 Å². The lowest BCUT2D eigenvalue weighted by atomic mass is 9.96. The lowest BCUT2D eigenvalue weighted by molar-refractivity contribution is -0.120. The van der Waals surface area contributed by atoms with Crippen LogP contribution in [0.25, 0.3) is 10.8 Å². The molecule has 9 heteroatoms. The average molecular weight is 559 g/mol. The van der Waals surface area contributed by atoms with Crippen molar-refractivity contribution >= 4 is 34.3 Å². The highest BCUT2D eigenvalue weighted by Gasteiger charge is 2.29. The molecule has 2 aromatic carbocycles. The molecule has 0 atom stereocenters. The molecule has 2 fully saturated rings. The second-order valence-electron chi connectivity index (χ2n) is 11.0. The molecule has 1 saturated carbocycles. The van der Waals surface area contributed by atoms with E-state index < -0.39 is 6.16 Å². The summed E-state index contributed by atoms with van der Waals surface area (Å²) in [5, 5.41) is 2.61. The van der Waals surface area contributed by atoms with Crippen molar-refractivity contribution in [2.24, 2.45) is 0 Å². The molecule has 1 amide bonds. The maximum atomic E-state index is 12.6. The molecule has 41 heavy (non-hydrogen) atoms. The van der Waals surface area contributed by atoms with Gasteiger partial charge in [0.05, 0.1) is 6.61 Å². The number of aryl methyl sites for hydroxylation is 1. The highest BCUT2D eigenvalue weighted by Crippen LogP contribution is 2.29. The number of benzene rings is 2. The minimum atomic E-state index is -0.739. The number of unbranched alkanes of at least 4 members (excludes halogenated alkanes) is 1. The molecule has 1 saturated heterocycles. The molecule has 0 unspecified atom stereocenters. The Kier molecular flexibility index (Phi) is 8.51. The summed E-state index contributed by atoms with van der Waals surface area (Å²) >= 11 is 0. The van der Waals surface area contributed by atoms with Crippen LogP contribution < -0.4 is 14.5 Å². The van der Waals surface area contributed by atoms with E-state index in [4.69, 9.17) is 14.2 Å². The van der Waals surface area contributed by atoms with Crippen LogP contribution in [0, 0.1) is 0 Å². The molecule has 9 nitrogen and oxygen atoms in total. The minimum absolute atomic E-state index is 0.0652. The van der Waals surface area contributed by atoms with E-state index >= 15 is 0 Å². The molecule has 6 rings (SSSR count). The molecule has 216 valence electrons. The fourth-order valence-corrected chi connectivity index (χ4v) is 5.68. The summed E-state index contributed by atoms with van der Waals surface area (Å²) in [6, 6.07) is 19.0. The van der Waals surface area contributed by atoms with Crippen LogP contribution in [-0.2, 0) is 20.7 Å². The normalized spacial score (nSPS) is 17.7. The Morgan fingerprint density at radius 3 is 2.59 bits per heavy atom. The van der Waals surface area contributed by atoms with Gasteiger partial charge in [0.1, 0.15) is 11.9 Å². The van der Waals surface area contributed by atoms with Gasteiger partial charge in [-0.1, -0.05) is 36.4 Å². The summed E-state index contributed by atoms with van der Waals surface area (Å²) in [5.41, 5.74) is 2.27. The highest BCUT2D eigenvalue weighted by molar-refractivity contribution is 5.95. The molecule has 0 spiro atoms. The fourth-order valence-electron chi connectivity index (χ4n) is 5.68. The zero-order chi connectivity index (χ0) is 28.0. The number of carbonyl (C=O) groups is 2. The largest absolute Gasteiger partial charge is 0.510 e. The van der Waals surface area contributed by atoms with Crippen LogP contribution >= 0.6 is 0 Å². The zero-order valence-electron chi connectivity index (χ0n) is 23.5. The van der Waals surface area contributed by atoms with Gasteiger partial charge in [0.2, 0.25) is 11.8 Å². The van der Waals surface area contributed by atoms with Gasteiger partial charge in [0.25, 0.3) is 0 Å². The maximum Gasteiger partial charge on any atom is 0.510 e. The summed E-state index contributed by atoms with van der Waals surface area (Å²) in [4.78, 5) is 35.6. The molecule has 1 aromatic heterocycles. The Morgan fingerprint density at radius 2 is 1.76 bits per heavy atom. The number of hydrogen-bond donors (Lipinski definition) is 0. The van der Waals surface area contributed by atoms with Crippen LogP contribution in [0.5, 0.6) is 5.88 Å². The number of rotatable bonds is 10. The van der Waals surface area contributed by atoms with Crippen molar-refractivity contribution in [1.82, 2.24) is 9.88 Å². The number of hydrogen-bond acceptors (Lipinski definition) is 8. The summed E-state index contributed by atoms with van der Waals surface area (Å²) < 4.78 is 16.4. The van der Waals surface area contributed by atoms with Gasteiger partial charge < -0.3 is 19.1 Å². The van der Waals surface area contributed by atoms with Gasteiger partial charge in [-0.2, -0.15) is 4.98 Å². The van der Waals surface area contributed by atoms with Crippen molar-refractivity contribution in [3.63, 3.8) is 0 Å². The first-order valence-corrected chi connectivity index (χ1v) is 14.9. The molecule has 2 aliphatic heterocycles. The number of nitrogens with zero attached hydrogens (tertiary/aromatic N) is 4. The van der Waals surface area contributed by atoms with Gasteiger partial charge in [0.15, 0.2) is 6.73 Å². The van der Waals surface area contributed by atoms with Crippen molar-refractivity contribution in [2.75, 3.05) is 55.9 Å². The SMILES string of the molecule is O=C(OCN1C(=O)CCc2ccc(OCCCCN3CCN(c4cccc5ccccc45)CC3)nc21)OC1CCC1. The molecule has 3 heterocycles. The monoisotopic (exact) mass is 558 g/mol. The summed E-state index contributed by atoms with van der Waals surface area (Å²) in [5.74, 6) is 0.850. The Balaban J connectivity index is 0.937. The number of aromatic nitrogens is 1. The van der Waals surface area contributed by atoms with Crippen LogP contribution in [0.1, 0.15) is 44.1 Å². The lowest BCUT2D eigenvalue weighted by Crippen LogP contribution is -2.46. The molecule has 0 radical (unpaired) electrons. The van der Waals surface area contributed by atoms with Gasteiger partial charge in [-0.25, -0.2) is 4.79 Å². The average Bonchev–Trinajstić information content (AvgIpc) is 2.98. The van der Waals surface area contributed by atoms with E-state index in [9.17, 15) is 9.59 Å². The molecule has 0 N–H and O–H groups in total. The number of amides is 1. The minimum Gasteiger partial charge on any atom is -0.478 e. The number of piperazine rings is 1. The standard InChI is InChI=1S/C32H38N4O5/c37-30-16-14-25-13-15-29(33-31(25)36(30)23-40-32(38)41-26-9-6-10-26)39-22-4-3-17-34-18-20-35(21-19-34)28-12-5-8-24-7-1-2-11-27(24)28/h1-2,5,7-8,11-13,15,26H,3-4,6,9-10,14,16-23H2. The van der Waals surface area contributed by atoms with Gasteiger partial charge in [-0.15, -0.1) is 0 Å². The van der Waals surface area contributed by atoms with Crippen molar-refractivity contribution < 1.29 is 23.8 Å². The van der Waals surface area contributed by atoms with E-state index in [2.05, 4.69) is 57.2 Å². The second kappa shape index (κ2) is 12.8. The van der Waals surface area contributed by atoms with Gasteiger partial charge in [-0.05, 0) is 68.2 Å². The van der Waals surface area contributed by atoms with E-state index in [1.54, 1.807) is 0 Å². The highest BCUT2D eigenvalue weighted by atomic mass is 16.7. The maximum absolute atomic E-state index is 12.6. The van der Waals surface area contributed by atoms with Gasteiger partial charge in [0, 0.05) is 49.7 Å². The number of fused-ring (bicyclic) bond motifs is 2. The predicted octanol–water partition coefficient (Wildman–Crippen LogP) is 5.16. The quantitative estimate of drug-likeness (QED) is 0.249. The molecule has 0 bridgehead atoms. The van der Waals surface area contributed by atoms with Crippen molar-refractivity contribution in [3.8, 4) is 5.88 Å². The van der Waals surface area contributed by atoms with E-state index in [-0.39, 0.29) is 18.7 Å². The Labute approximate surface area is 241 Å². The predicted molar refractivity (Wildman–Crippen MR) is 157 cm³/mol. The molecule has 1 aliphatic carbocycles. The van der Waals surface area contributed by atoms with Crippen molar-refractivity contribution in [1.29, 1.82) is 0 Å². The Bertz CT molecular complexity index is 1360. The number of ether oxygens (including phenoxy) is 3. The summed E-state index contributed by atoms with van der Waals surface area (Å²) in [6.45, 7) is 5.55. The second-order valence-corrected chi connectivity index (χ2v) is 11.0. The summed E-state index contributed by atoms with van der Waals surface area (Å²) in [7, 11) is 0. The first-order valence-electron chi connectivity index (χ1n) is 14.9. The Morgan fingerprint density at radius 1 is 0.927 bits per heavy atom. The third kappa shape index (κ3) is 6.56. The number of pyridine rings is 1. The fraction of sp³-hybridized carbons (Fsp3) is 0.469. The van der Waals surface area contributed by atoms with E-state index in [0.29, 0.717) is 31.1 Å². The van der Waals surface area contributed by atoms with Crippen LogP contribution in [-0.4, -0.2) is 74.1 Å². The molecular weight excluding hydrogens is 520 g/mol. The molecule has 3 aliphatic rings. The summed E-state index contributed by atoms with van der Waals surface area (Å²) in [6.07, 6.45) is 4.91. The third-order valence-electron chi connectivity index (χ3n) is 8.32. The number of anilines is 2. The Hall–Kier alpha value is -3.85.